The Balaban J connectivity index is 1.35. The number of carbonyl (C=O) groups excluding carboxylic acids is 1. The maximum Gasteiger partial charge on any atom is 0.277 e. The highest BCUT2D eigenvalue weighted by Gasteiger charge is 2.28. The third-order valence-electron chi connectivity index (χ3n) is 4.60. The van der Waals surface area contributed by atoms with Crippen molar-refractivity contribution in [3.8, 4) is 5.69 Å². The summed E-state index contributed by atoms with van der Waals surface area (Å²) in [5.74, 6) is 0.979. The van der Waals surface area contributed by atoms with Crippen molar-refractivity contribution in [2.45, 2.75) is 18.8 Å². The molecule has 128 valence electrons. The number of para-hydroxylation sites is 2. The van der Waals surface area contributed by atoms with Gasteiger partial charge in [-0.15, -0.1) is 0 Å². The summed E-state index contributed by atoms with van der Waals surface area (Å²) in [7, 11) is 0. The molecule has 1 amide bonds. The first kappa shape index (κ1) is 14.9. The van der Waals surface area contributed by atoms with Crippen molar-refractivity contribution in [1.29, 1.82) is 0 Å². The van der Waals surface area contributed by atoms with E-state index in [1.54, 1.807) is 12.4 Å². The van der Waals surface area contributed by atoms with Crippen molar-refractivity contribution >= 4 is 22.6 Å². The molecule has 0 radical (unpaired) electrons. The largest absolute Gasteiger partial charge is 0.360 e. The molecule has 0 spiro atoms. The first-order valence-electron chi connectivity index (χ1n) is 8.58. The average Bonchev–Trinajstić information content (AvgIpc) is 3.24. The Morgan fingerprint density at radius 2 is 1.92 bits per heavy atom. The molecule has 1 aliphatic rings. The van der Waals surface area contributed by atoms with E-state index in [0.717, 1.165) is 35.3 Å². The number of aromatic nitrogens is 3. The third-order valence-corrected chi connectivity index (χ3v) is 4.60. The molecule has 0 saturated heterocycles. The van der Waals surface area contributed by atoms with Gasteiger partial charge in [0.1, 0.15) is 12.1 Å². The lowest BCUT2D eigenvalue weighted by Crippen LogP contribution is -2.12. The summed E-state index contributed by atoms with van der Waals surface area (Å²) >= 11 is 0. The van der Waals surface area contributed by atoms with Crippen molar-refractivity contribution in [2.75, 3.05) is 5.32 Å². The van der Waals surface area contributed by atoms with Gasteiger partial charge >= 0.3 is 0 Å². The minimum atomic E-state index is -0.263. The molecule has 26 heavy (non-hydrogen) atoms. The van der Waals surface area contributed by atoms with Gasteiger partial charge in [0, 0.05) is 23.4 Å². The monoisotopic (exact) mass is 344 g/mol. The Bertz CT molecular complexity index is 1090. The van der Waals surface area contributed by atoms with Crippen LogP contribution in [-0.4, -0.2) is 20.6 Å². The molecule has 0 atom stereocenters. The average molecular weight is 344 g/mol. The number of carbonyl (C=O) groups is 1. The third kappa shape index (κ3) is 2.65. The van der Waals surface area contributed by atoms with Crippen LogP contribution >= 0.6 is 0 Å². The Morgan fingerprint density at radius 1 is 1.12 bits per heavy atom. The molecule has 4 aromatic rings. The molecule has 2 heterocycles. The van der Waals surface area contributed by atoms with Crippen molar-refractivity contribution in [2.24, 2.45) is 0 Å². The molecular weight excluding hydrogens is 328 g/mol. The number of hydrogen-bond acceptors (Lipinski definition) is 4. The maximum atomic E-state index is 12.3. The zero-order chi connectivity index (χ0) is 17.5. The second-order valence-electron chi connectivity index (χ2n) is 6.49. The highest BCUT2D eigenvalue weighted by Crippen LogP contribution is 2.40. The quantitative estimate of drug-likeness (QED) is 0.604. The van der Waals surface area contributed by atoms with Crippen molar-refractivity contribution in [3.05, 3.63) is 72.4 Å². The van der Waals surface area contributed by atoms with Crippen LogP contribution in [0.25, 0.3) is 16.7 Å². The number of amides is 1. The number of rotatable bonds is 4. The molecule has 2 aromatic heterocycles. The van der Waals surface area contributed by atoms with E-state index in [9.17, 15) is 4.79 Å². The summed E-state index contributed by atoms with van der Waals surface area (Å²) in [5.41, 5.74) is 3.99. The van der Waals surface area contributed by atoms with Gasteiger partial charge in [-0.05, 0) is 49.2 Å². The van der Waals surface area contributed by atoms with Crippen LogP contribution in [0.5, 0.6) is 0 Å². The Labute approximate surface area is 149 Å². The Morgan fingerprint density at radius 3 is 2.73 bits per heavy atom. The number of anilines is 1. The van der Waals surface area contributed by atoms with E-state index >= 15 is 0 Å². The van der Waals surface area contributed by atoms with Gasteiger partial charge in [0.2, 0.25) is 0 Å². The summed E-state index contributed by atoms with van der Waals surface area (Å²) in [5, 5.41) is 6.72. The molecule has 0 aliphatic heterocycles. The van der Waals surface area contributed by atoms with Crippen molar-refractivity contribution in [3.63, 3.8) is 0 Å². The standard InChI is InChI=1S/C20H16N4O2/c25-20(17-11-19(26-23-17)13-5-6-13)22-14-7-9-15(10-8-14)24-12-21-16-3-1-2-4-18(16)24/h1-4,7-13H,5-6H2,(H,22,25). The predicted molar refractivity (Wildman–Crippen MR) is 97.5 cm³/mol. The van der Waals surface area contributed by atoms with Gasteiger partial charge in [0.25, 0.3) is 5.91 Å². The number of nitrogens with one attached hydrogen (secondary N) is 1. The van der Waals surface area contributed by atoms with E-state index < -0.39 is 0 Å². The first-order chi connectivity index (χ1) is 12.8. The lowest BCUT2D eigenvalue weighted by Gasteiger charge is -2.07. The molecule has 0 bridgehead atoms. The summed E-state index contributed by atoms with van der Waals surface area (Å²) in [6.07, 6.45) is 4.02. The van der Waals surface area contributed by atoms with E-state index in [-0.39, 0.29) is 5.91 Å². The molecule has 1 saturated carbocycles. The van der Waals surface area contributed by atoms with Gasteiger partial charge in [-0.1, -0.05) is 17.3 Å². The SMILES string of the molecule is O=C(Nc1ccc(-n2cnc3ccccc32)cc1)c1cc(C2CC2)on1. The molecule has 2 aromatic carbocycles. The molecule has 1 N–H and O–H groups in total. The fraction of sp³-hybridized carbons (Fsp3) is 0.150. The van der Waals surface area contributed by atoms with Crippen molar-refractivity contribution < 1.29 is 9.32 Å². The molecule has 0 unspecified atom stereocenters. The predicted octanol–water partition coefficient (Wildman–Crippen LogP) is 4.14. The summed E-state index contributed by atoms with van der Waals surface area (Å²) in [6.45, 7) is 0. The van der Waals surface area contributed by atoms with Crippen LogP contribution in [-0.2, 0) is 0 Å². The van der Waals surface area contributed by atoms with Crippen LogP contribution in [0.3, 0.4) is 0 Å². The Kier molecular flexibility index (Phi) is 3.35. The fourth-order valence-electron chi connectivity index (χ4n) is 3.02. The number of imidazole rings is 1. The lowest BCUT2D eigenvalue weighted by molar-refractivity contribution is 0.101. The summed E-state index contributed by atoms with van der Waals surface area (Å²) in [4.78, 5) is 16.7. The van der Waals surface area contributed by atoms with Gasteiger partial charge in [0.05, 0.1) is 11.0 Å². The molecule has 6 heteroatoms. The summed E-state index contributed by atoms with van der Waals surface area (Å²) < 4.78 is 7.25. The van der Waals surface area contributed by atoms with Crippen LogP contribution in [0, 0.1) is 0 Å². The highest BCUT2D eigenvalue weighted by molar-refractivity contribution is 6.02. The van der Waals surface area contributed by atoms with E-state index in [2.05, 4.69) is 15.5 Å². The lowest BCUT2D eigenvalue weighted by atomic mass is 10.2. The van der Waals surface area contributed by atoms with Gasteiger partial charge < -0.3 is 9.84 Å². The number of hydrogen-bond donors (Lipinski definition) is 1. The van der Waals surface area contributed by atoms with E-state index in [0.29, 0.717) is 17.3 Å². The van der Waals surface area contributed by atoms with Gasteiger partial charge in [-0.2, -0.15) is 0 Å². The van der Waals surface area contributed by atoms with Crippen molar-refractivity contribution in [1.82, 2.24) is 14.7 Å². The van der Waals surface area contributed by atoms with E-state index in [4.69, 9.17) is 4.52 Å². The maximum absolute atomic E-state index is 12.3. The normalized spacial score (nSPS) is 13.8. The van der Waals surface area contributed by atoms with Gasteiger partial charge in [-0.3, -0.25) is 9.36 Å². The smallest absolute Gasteiger partial charge is 0.277 e. The first-order valence-corrected chi connectivity index (χ1v) is 8.58. The molecule has 1 fully saturated rings. The zero-order valence-electron chi connectivity index (χ0n) is 13.9. The number of benzene rings is 2. The molecule has 5 rings (SSSR count). The second-order valence-corrected chi connectivity index (χ2v) is 6.49. The van der Waals surface area contributed by atoms with Crippen LogP contribution < -0.4 is 5.32 Å². The molecule has 1 aliphatic carbocycles. The van der Waals surface area contributed by atoms with Crippen LogP contribution in [0.4, 0.5) is 5.69 Å². The molecular formula is C20H16N4O2. The molecule has 6 nitrogen and oxygen atoms in total. The van der Waals surface area contributed by atoms with Crippen LogP contribution in [0.1, 0.15) is 35.0 Å². The van der Waals surface area contributed by atoms with E-state index in [1.165, 1.54) is 0 Å². The minimum absolute atomic E-state index is 0.263. The number of fused-ring (bicyclic) bond motifs is 1. The zero-order valence-corrected chi connectivity index (χ0v) is 13.9. The second kappa shape index (κ2) is 5.84. The minimum Gasteiger partial charge on any atom is -0.360 e. The number of nitrogens with zero attached hydrogens (tertiary/aromatic N) is 3. The summed E-state index contributed by atoms with van der Waals surface area (Å²) in [6, 6.07) is 17.3. The van der Waals surface area contributed by atoms with Crippen LogP contribution in [0.15, 0.2) is 65.4 Å². The van der Waals surface area contributed by atoms with Gasteiger partial charge in [-0.25, -0.2) is 4.98 Å². The van der Waals surface area contributed by atoms with Gasteiger partial charge in [0.15, 0.2) is 5.69 Å². The Hall–Kier alpha value is -3.41. The topological polar surface area (TPSA) is 73.0 Å². The highest BCUT2D eigenvalue weighted by atomic mass is 16.5. The fourth-order valence-corrected chi connectivity index (χ4v) is 3.02. The van der Waals surface area contributed by atoms with E-state index in [1.807, 2.05) is 53.1 Å². The van der Waals surface area contributed by atoms with Crippen LogP contribution in [0.2, 0.25) is 0 Å².